The smallest absolute Gasteiger partial charge is 0.228 e. The van der Waals surface area contributed by atoms with Gasteiger partial charge in [-0.15, -0.1) is 11.3 Å². The summed E-state index contributed by atoms with van der Waals surface area (Å²) in [5.74, 6) is 0.0650. The Balaban J connectivity index is 1.59. The molecule has 0 saturated carbocycles. The number of carbonyl (C=O) groups excluding carboxylic acids is 1. The summed E-state index contributed by atoms with van der Waals surface area (Å²) in [5.41, 5.74) is 5.31. The molecule has 1 amide bonds. The normalized spacial score (nSPS) is 13.0. The quantitative estimate of drug-likeness (QED) is 0.797. The minimum Gasteiger partial charge on any atom is -0.326 e. The van der Waals surface area contributed by atoms with Gasteiger partial charge < -0.3 is 5.32 Å². The highest BCUT2D eigenvalue weighted by Crippen LogP contribution is 2.30. The standard InChI is InChI=1S/C18H14N2OS/c21-17-10-14-9-13(6-7-15(14)19-17)16-11-22-18(20-16)8-12-4-2-1-3-5-12/h1-7,9,11H,8,10H2,(H,19,21). The number of nitrogens with one attached hydrogen (secondary N) is 1. The van der Waals surface area contributed by atoms with Crippen molar-refractivity contribution in [3.05, 3.63) is 70.0 Å². The summed E-state index contributed by atoms with van der Waals surface area (Å²) in [5, 5.41) is 6.05. The molecule has 0 spiro atoms. The van der Waals surface area contributed by atoms with Gasteiger partial charge in [-0.1, -0.05) is 36.4 Å². The average molecular weight is 306 g/mol. The van der Waals surface area contributed by atoms with E-state index >= 15 is 0 Å². The number of nitrogens with zero attached hydrogens (tertiary/aromatic N) is 1. The molecule has 3 nitrogen and oxygen atoms in total. The van der Waals surface area contributed by atoms with Crippen LogP contribution in [0.5, 0.6) is 0 Å². The lowest BCUT2D eigenvalue weighted by atomic mass is 10.1. The largest absolute Gasteiger partial charge is 0.326 e. The minimum absolute atomic E-state index is 0.0650. The number of amides is 1. The summed E-state index contributed by atoms with van der Waals surface area (Å²) in [6.45, 7) is 0. The third-order valence-corrected chi connectivity index (χ3v) is 4.62. The van der Waals surface area contributed by atoms with Crippen molar-refractivity contribution in [3.8, 4) is 11.3 Å². The lowest BCUT2D eigenvalue weighted by Crippen LogP contribution is -2.03. The number of hydrogen-bond donors (Lipinski definition) is 1. The monoisotopic (exact) mass is 306 g/mol. The second-order valence-corrected chi connectivity index (χ2v) is 6.33. The number of carbonyl (C=O) groups is 1. The number of aromatic nitrogens is 1. The zero-order valence-corrected chi connectivity index (χ0v) is 12.7. The highest BCUT2D eigenvalue weighted by Gasteiger charge is 2.18. The Morgan fingerprint density at radius 2 is 2.00 bits per heavy atom. The van der Waals surface area contributed by atoms with Crippen molar-refractivity contribution in [2.45, 2.75) is 12.8 Å². The molecule has 1 aromatic heterocycles. The lowest BCUT2D eigenvalue weighted by molar-refractivity contribution is -0.115. The van der Waals surface area contributed by atoms with Crippen LogP contribution in [0, 0.1) is 0 Å². The van der Waals surface area contributed by atoms with Crippen LogP contribution >= 0.6 is 11.3 Å². The predicted octanol–water partition coefficient (Wildman–Crippen LogP) is 3.90. The SMILES string of the molecule is O=C1Cc2cc(-c3csc(Cc4ccccc4)n3)ccc2N1. The topological polar surface area (TPSA) is 42.0 Å². The Morgan fingerprint density at radius 1 is 1.14 bits per heavy atom. The van der Waals surface area contributed by atoms with Crippen LogP contribution in [-0.4, -0.2) is 10.9 Å². The summed E-state index contributed by atoms with van der Waals surface area (Å²) in [6, 6.07) is 16.4. The van der Waals surface area contributed by atoms with E-state index in [9.17, 15) is 4.79 Å². The van der Waals surface area contributed by atoms with Crippen molar-refractivity contribution in [1.29, 1.82) is 0 Å². The van der Waals surface area contributed by atoms with Crippen molar-refractivity contribution in [2.75, 3.05) is 5.32 Å². The third-order valence-electron chi connectivity index (χ3n) is 3.78. The first-order valence-electron chi connectivity index (χ1n) is 7.19. The number of anilines is 1. The van der Waals surface area contributed by atoms with Crippen LogP contribution in [0.2, 0.25) is 0 Å². The summed E-state index contributed by atoms with van der Waals surface area (Å²) in [6.07, 6.45) is 1.32. The minimum atomic E-state index is 0.0650. The first kappa shape index (κ1) is 13.2. The molecule has 3 aromatic rings. The van der Waals surface area contributed by atoms with E-state index in [1.54, 1.807) is 11.3 Å². The zero-order valence-electron chi connectivity index (χ0n) is 11.9. The van der Waals surface area contributed by atoms with Crippen molar-refractivity contribution < 1.29 is 4.79 Å². The van der Waals surface area contributed by atoms with E-state index in [0.29, 0.717) is 6.42 Å². The molecule has 108 valence electrons. The fourth-order valence-electron chi connectivity index (χ4n) is 2.68. The van der Waals surface area contributed by atoms with Crippen molar-refractivity contribution in [3.63, 3.8) is 0 Å². The maximum Gasteiger partial charge on any atom is 0.228 e. The van der Waals surface area contributed by atoms with E-state index in [4.69, 9.17) is 4.98 Å². The molecule has 0 atom stereocenters. The summed E-state index contributed by atoms with van der Waals surface area (Å²) in [4.78, 5) is 16.2. The van der Waals surface area contributed by atoms with Crippen molar-refractivity contribution in [1.82, 2.24) is 4.98 Å². The molecular weight excluding hydrogens is 292 g/mol. The van der Waals surface area contributed by atoms with E-state index < -0.39 is 0 Å². The van der Waals surface area contributed by atoms with Gasteiger partial charge in [0.15, 0.2) is 0 Å². The Morgan fingerprint density at radius 3 is 2.86 bits per heavy atom. The van der Waals surface area contributed by atoms with E-state index in [0.717, 1.165) is 33.9 Å². The molecule has 0 radical (unpaired) electrons. The van der Waals surface area contributed by atoms with Gasteiger partial charge in [-0.25, -0.2) is 4.98 Å². The second kappa shape index (κ2) is 5.39. The van der Waals surface area contributed by atoms with Crippen LogP contribution in [0.3, 0.4) is 0 Å². The van der Waals surface area contributed by atoms with Crippen LogP contribution in [0.1, 0.15) is 16.1 Å². The first-order valence-corrected chi connectivity index (χ1v) is 8.07. The second-order valence-electron chi connectivity index (χ2n) is 5.39. The van der Waals surface area contributed by atoms with Crippen LogP contribution in [0.4, 0.5) is 5.69 Å². The van der Waals surface area contributed by atoms with Crippen molar-refractivity contribution >= 4 is 22.9 Å². The number of thiazole rings is 1. The lowest BCUT2D eigenvalue weighted by Gasteiger charge is -2.01. The molecule has 0 bridgehead atoms. The zero-order chi connectivity index (χ0) is 14.9. The highest BCUT2D eigenvalue weighted by molar-refractivity contribution is 7.10. The Kier molecular flexibility index (Phi) is 3.24. The average Bonchev–Trinajstić information content (AvgIpc) is 3.13. The van der Waals surface area contributed by atoms with E-state index in [2.05, 4.69) is 28.9 Å². The summed E-state index contributed by atoms with van der Waals surface area (Å²) >= 11 is 1.68. The van der Waals surface area contributed by atoms with Gasteiger partial charge in [-0.05, 0) is 23.3 Å². The molecule has 2 heterocycles. The molecule has 0 saturated heterocycles. The number of rotatable bonds is 3. The van der Waals surface area contributed by atoms with E-state index in [1.807, 2.05) is 30.3 Å². The van der Waals surface area contributed by atoms with Gasteiger partial charge in [0, 0.05) is 23.1 Å². The molecule has 22 heavy (non-hydrogen) atoms. The molecule has 0 fully saturated rings. The molecule has 2 aromatic carbocycles. The van der Waals surface area contributed by atoms with E-state index in [1.165, 1.54) is 5.56 Å². The number of benzene rings is 2. The van der Waals surface area contributed by atoms with E-state index in [-0.39, 0.29) is 5.91 Å². The Labute approximate surface area is 132 Å². The molecule has 0 unspecified atom stereocenters. The fraction of sp³-hybridized carbons (Fsp3) is 0.111. The van der Waals surface area contributed by atoms with Gasteiger partial charge in [0.05, 0.1) is 17.1 Å². The Bertz CT molecular complexity index is 839. The maximum absolute atomic E-state index is 11.4. The first-order chi connectivity index (χ1) is 10.8. The molecule has 4 rings (SSSR count). The summed E-state index contributed by atoms with van der Waals surface area (Å²) in [7, 11) is 0. The number of fused-ring (bicyclic) bond motifs is 1. The molecule has 1 aliphatic heterocycles. The Hall–Kier alpha value is -2.46. The van der Waals surface area contributed by atoms with Gasteiger partial charge in [-0.2, -0.15) is 0 Å². The molecule has 1 aliphatic rings. The number of hydrogen-bond acceptors (Lipinski definition) is 3. The van der Waals surface area contributed by atoms with Crippen LogP contribution in [0.25, 0.3) is 11.3 Å². The predicted molar refractivity (Wildman–Crippen MR) is 89.1 cm³/mol. The van der Waals surface area contributed by atoms with Gasteiger partial charge >= 0.3 is 0 Å². The highest BCUT2D eigenvalue weighted by atomic mass is 32.1. The van der Waals surface area contributed by atoms with Crippen LogP contribution < -0.4 is 5.32 Å². The maximum atomic E-state index is 11.4. The van der Waals surface area contributed by atoms with Gasteiger partial charge in [0.2, 0.25) is 5.91 Å². The van der Waals surface area contributed by atoms with Gasteiger partial charge in [0.1, 0.15) is 0 Å². The molecule has 0 aliphatic carbocycles. The molecule has 4 heteroatoms. The van der Waals surface area contributed by atoms with Crippen LogP contribution in [-0.2, 0) is 17.6 Å². The molecular formula is C18H14N2OS. The summed E-state index contributed by atoms with van der Waals surface area (Å²) < 4.78 is 0. The fourth-order valence-corrected chi connectivity index (χ4v) is 3.52. The van der Waals surface area contributed by atoms with Crippen molar-refractivity contribution in [2.24, 2.45) is 0 Å². The van der Waals surface area contributed by atoms with Crippen LogP contribution in [0.15, 0.2) is 53.9 Å². The van der Waals surface area contributed by atoms with Gasteiger partial charge in [-0.3, -0.25) is 4.79 Å². The third kappa shape index (κ3) is 2.53. The van der Waals surface area contributed by atoms with Gasteiger partial charge in [0.25, 0.3) is 0 Å². The molecule has 1 N–H and O–H groups in total.